The summed E-state index contributed by atoms with van der Waals surface area (Å²) in [6, 6.07) is 6.23. The second-order valence-electron chi connectivity index (χ2n) is 6.23. The van der Waals surface area contributed by atoms with E-state index in [2.05, 4.69) is 24.4 Å². The van der Waals surface area contributed by atoms with Crippen LogP contribution in [-0.2, 0) is 4.74 Å². The predicted molar refractivity (Wildman–Crippen MR) is 81.5 cm³/mol. The van der Waals surface area contributed by atoms with Crippen molar-refractivity contribution in [3.8, 4) is 5.75 Å². The summed E-state index contributed by atoms with van der Waals surface area (Å²) in [5, 5.41) is 3.50. The average Bonchev–Trinajstić information content (AvgIpc) is 3.07. The molecule has 1 spiro atoms. The molecule has 2 aliphatic rings. The Kier molecular flexibility index (Phi) is 3.88. The number of aryl methyl sites for hydroxylation is 1. The standard InChI is InChI=1S/C17H25NO2/c1-13-11-14(5-6-16(13)19-2)18-12-15-7-10-17(20-15)8-3-4-9-17/h5-6,11,15,18H,3-4,7-10,12H2,1-2H3. The van der Waals surface area contributed by atoms with Gasteiger partial charge in [0.1, 0.15) is 5.75 Å². The van der Waals surface area contributed by atoms with Gasteiger partial charge in [-0.3, -0.25) is 0 Å². The zero-order valence-electron chi connectivity index (χ0n) is 12.6. The second kappa shape index (κ2) is 5.65. The first-order valence-corrected chi connectivity index (χ1v) is 7.77. The fourth-order valence-electron chi connectivity index (χ4n) is 3.65. The zero-order chi connectivity index (χ0) is 14.0. The maximum absolute atomic E-state index is 6.32. The van der Waals surface area contributed by atoms with Gasteiger partial charge in [-0.05, 0) is 56.4 Å². The van der Waals surface area contributed by atoms with Crippen molar-refractivity contribution < 1.29 is 9.47 Å². The highest BCUT2D eigenvalue weighted by Crippen LogP contribution is 2.43. The highest BCUT2D eigenvalue weighted by atomic mass is 16.5. The first-order valence-electron chi connectivity index (χ1n) is 7.77. The molecular formula is C17H25NO2. The lowest BCUT2D eigenvalue weighted by molar-refractivity contribution is -0.0307. The molecule has 3 nitrogen and oxygen atoms in total. The Hall–Kier alpha value is -1.22. The highest BCUT2D eigenvalue weighted by Gasteiger charge is 2.41. The Bertz CT molecular complexity index is 466. The lowest BCUT2D eigenvalue weighted by Crippen LogP contribution is -2.27. The van der Waals surface area contributed by atoms with Crippen molar-refractivity contribution in [1.82, 2.24) is 0 Å². The molecule has 1 saturated carbocycles. The normalized spacial score (nSPS) is 24.2. The smallest absolute Gasteiger partial charge is 0.121 e. The lowest BCUT2D eigenvalue weighted by Gasteiger charge is -2.24. The zero-order valence-corrected chi connectivity index (χ0v) is 12.6. The summed E-state index contributed by atoms with van der Waals surface area (Å²) in [6.45, 7) is 2.98. The van der Waals surface area contributed by atoms with Gasteiger partial charge >= 0.3 is 0 Å². The second-order valence-corrected chi connectivity index (χ2v) is 6.23. The SMILES string of the molecule is COc1ccc(NCC2CCC3(CCCC3)O2)cc1C. The Morgan fingerprint density at radius 3 is 2.80 bits per heavy atom. The van der Waals surface area contributed by atoms with Crippen molar-refractivity contribution in [2.24, 2.45) is 0 Å². The number of nitrogens with one attached hydrogen (secondary N) is 1. The molecule has 1 aliphatic carbocycles. The predicted octanol–water partition coefficient (Wildman–Crippen LogP) is 3.91. The fourth-order valence-corrected chi connectivity index (χ4v) is 3.65. The third-order valence-electron chi connectivity index (χ3n) is 4.78. The summed E-state index contributed by atoms with van der Waals surface area (Å²) < 4.78 is 11.6. The number of methoxy groups -OCH3 is 1. The molecule has 1 unspecified atom stereocenters. The minimum atomic E-state index is 0.238. The van der Waals surface area contributed by atoms with E-state index in [4.69, 9.17) is 9.47 Å². The summed E-state index contributed by atoms with van der Waals surface area (Å²) >= 11 is 0. The van der Waals surface area contributed by atoms with Gasteiger partial charge in [0.25, 0.3) is 0 Å². The molecule has 0 radical (unpaired) electrons. The quantitative estimate of drug-likeness (QED) is 0.903. The Morgan fingerprint density at radius 1 is 1.30 bits per heavy atom. The third kappa shape index (κ3) is 2.78. The maximum Gasteiger partial charge on any atom is 0.121 e. The molecule has 1 aromatic carbocycles. The van der Waals surface area contributed by atoms with Crippen molar-refractivity contribution >= 4 is 5.69 Å². The third-order valence-corrected chi connectivity index (χ3v) is 4.78. The average molecular weight is 275 g/mol. The van der Waals surface area contributed by atoms with E-state index in [1.807, 2.05) is 6.07 Å². The summed E-state index contributed by atoms with van der Waals surface area (Å²) in [6.07, 6.45) is 8.05. The van der Waals surface area contributed by atoms with Crippen LogP contribution < -0.4 is 10.1 Å². The molecule has 1 saturated heterocycles. The number of hydrogen-bond acceptors (Lipinski definition) is 3. The van der Waals surface area contributed by atoms with Gasteiger partial charge in [0.2, 0.25) is 0 Å². The molecule has 0 amide bonds. The Balaban J connectivity index is 1.54. The van der Waals surface area contributed by atoms with Gasteiger partial charge in [-0.1, -0.05) is 12.8 Å². The molecule has 110 valence electrons. The van der Waals surface area contributed by atoms with Crippen LogP contribution in [0.15, 0.2) is 18.2 Å². The van der Waals surface area contributed by atoms with Crippen molar-refractivity contribution in [1.29, 1.82) is 0 Å². The first kappa shape index (κ1) is 13.7. The van der Waals surface area contributed by atoms with Crippen molar-refractivity contribution in [3.63, 3.8) is 0 Å². The Labute approximate surface area is 121 Å². The Morgan fingerprint density at radius 2 is 2.10 bits per heavy atom. The highest BCUT2D eigenvalue weighted by molar-refractivity contribution is 5.50. The van der Waals surface area contributed by atoms with Gasteiger partial charge in [-0.25, -0.2) is 0 Å². The van der Waals surface area contributed by atoms with Gasteiger partial charge in [0, 0.05) is 12.2 Å². The van der Waals surface area contributed by atoms with E-state index in [-0.39, 0.29) is 5.60 Å². The molecular weight excluding hydrogens is 250 g/mol. The van der Waals surface area contributed by atoms with E-state index in [1.165, 1.54) is 38.5 Å². The van der Waals surface area contributed by atoms with Crippen LogP contribution in [0.1, 0.15) is 44.1 Å². The largest absolute Gasteiger partial charge is 0.496 e. The van der Waals surface area contributed by atoms with Crippen LogP contribution in [0.3, 0.4) is 0 Å². The van der Waals surface area contributed by atoms with E-state index in [0.717, 1.165) is 23.5 Å². The minimum Gasteiger partial charge on any atom is -0.496 e. The number of ether oxygens (including phenoxy) is 2. The maximum atomic E-state index is 6.32. The van der Waals surface area contributed by atoms with Gasteiger partial charge in [0.05, 0.1) is 18.8 Å². The topological polar surface area (TPSA) is 30.5 Å². The first-order chi connectivity index (χ1) is 9.71. The molecule has 3 rings (SSSR count). The summed E-state index contributed by atoms with van der Waals surface area (Å²) in [7, 11) is 1.71. The van der Waals surface area contributed by atoms with Crippen LogP contribution >= 0.6 is 0 Å². The number of rotatable bonds is 4. The van der Waals surface area contributed by atoms with Crippen LogP contribution in [0.4, 0.5) is 5.69 Å². The molecule has 2 fully saturated rings. The molecule has 1 heterocycles. The van der Waals surface area contributed by atoms with E-state index < -0.39 is 0 Å². The molecule has 20 heavy (non-hydrogen) atoms. The van der Waals surface area contributed by atoms with E-state index in [0.29, 0.717) is 6.10 Å². The van der Waals surface area contributed by atoms with Gasteiger partial charge < -0.3 is 14.8 Å². The molecule has 3 heteroatoms. The summed E-state index contributed by atoms with van der Waals surface area (Å²) in [5.41, 5.74) is 2.55. The van der Waals surface area contributed by atoms with Crippen molar-refractivity contribution in [2.45, 2.75) is 57.2 Å². The van der Waals surface area contributed by atoms with Crippen LogP contribution in [0, 0.1) is 6.92 Å². The van der Waals surface area contributed by atoms with Crippen LogP contribution in [-0.4, -0.2) is 25.4 Å². The van der Waals surface area contributed by atoms with E-state index in [9.17, 15) is 0 Å². The van der Waals surface area contributed by atoms with Crippen molar-refractivity contribution in [3.05, 3.63) is 23.8 Å². The van der Waals surface area contributed by atoms with Gasteiger partial charge in [-0.2, -0.15) is 0 Å². The van der Waals surface area contributed by atoms with Crippen molar-refractivity contribution in [2.75, 3.05) is 19.0 Å². The molecule has 1 atom stereocenters. The number of hydrogen-bond donors (Lipinski definition) is 1. The van der Waals surface area contributed by atoms with E-state index >= 15 is 0 Å². The molecule has 0 bridgehead atoms. The molecule has 1 aliphatic heterocycles. The molecule has 1 aromatic rings. The summed E-state index contributed by atoms with van der Waals surface area (Å²) in [5.74, 6) is 0.942. The van der Waals surface area contributed by atoms with E-state index in [1.54, 1.807) is 7.11 Å². The number of anilines is 1. The molecule has 0 aromatic heterocycles. The van der Waals surface area contributed by atoms with Gasteiger partial charge in [-0.15, -0.1) is 0 Å². The fraction of sp³-hybridized carbons (Fsp3) is 0.647. The monoisotopic (exact) mass is 275 g/mol. The van der Waals surface area contributed by atoms with Crippen LogP contribution in [0.2, 0.25) is 0 Å². The number of benzene rings is 1. The lowest BCUT2D eigenvalue weighted by atomic mass is 9.98. The molecule has 1 N–H and O–H groups in total. The van der Waals surface area contributed by atoms with Crippen LogP contribution in [0.5, 0.6) is 5.75 Å². The summed E-state index contributed by atoms with van der Waals surface area (Å²) in [4.78, 5) is 0. The van der Waals surface area contributed by atoms with Gasteiger partial charge in [0.15, 0.2) is 0 Å². The minimum absolute atomic E-state index is 0.238. The van der Waals surface area contributed by atoms with Crippen LogP contribution in [0.25, 0.3) is 0 Å².